The fourth-order valence-electron chi connectivity index (χ4n) is 2.15. The molecule has 0 aliphatic carbocycles. The maximum Gasteiger partial charge on any atom is 0.204 e. The molecule has 4 N–H and O–H groups in total. The van der Waals surface area contributed by atoms with Gasteiger partial charge in [-0.25, -0.2) is 0 Å². The van der Waals surface area contributed by atoms with E-state index >= 15 is 0 Å². The lowest BCUT2D eigenvalue weighted by Crippen LogP contribution is -2.08. The number of hydrogen-bond acceptors (Lipinski definition) is 8. The highest BCUT2D eigenvalue weighted by Gasteiger charge is 2.04. The third kappa shape index (κ3) is 2.88. The van der Waals surface area contributed by atoms with Gasteiger partial charge in [-0.2, -0.15) is 10.4 Å². The van der Waals surface area contributed by atoms with Crippen LogP contribution in [-0.4, -0.2) is 41.2 Å². The van der Waals surface area contributed by atoms with Crippen LogP contribution < -0.4 is 10.9 Å². The number of nitrogens with zero attached hydrogens (tertiary/aromatic N) is 6. The molecule has 24 heavy (non-hydrogen) atoms. The van der Waals surface area contributed by atoms with Crippen molar-refractivity contribution in [2.75, 3.05) is 10.9 Å². The van der Waals surface area contributed by atoms with Crippen molar-refractivity contribution in [2.45, 2.75) is 0 Å². The minimum atomic E-state index is 0.545. The Morgan fingerprint density at radius 1 is 0.667 bits per heavy atom. The first-order chi connectivity index (χ1) is 11.9. The number of tetrazole rings is 2. The number of hydrazine groups is 1. The van der Waals surface area contributed by atoms with Crippen molar-refractivity contribution in [3.63, 3.8) is 0 Å². The summed E-state index contributed by atoms with van der Waals surface area (Å²) < 4.78 is 0. The largest absolute Gasteiger partial charge is 0.301 e. The summed E-state index contributed by atoms with van der Waals surface area (Å²) in [6, 6.07) is 15.3. The molecule has 10 heteroatoms. The van der Waals surface area contributed by atoms with E-state index in [0.717, 1.165) is 22.5 Å². The Hall–Kier alpha value is -3.82. The molecule has 2 heterocycles. The molecule has 0 bridgehead atoms. The van der Waals surface area contributed by atoms with Crippen LogP contribution in [0.2, 0.25) is 0 Å². The summed E-state index contributed by atoms with van der Waals surface area (Å²) in [6.45, 7) is 0. The van der Waals surface area contributed by atoms with Gasteiger partial charge in [0.15, 0.2) is 0 Å². The highest BCUT2D eigenvalue weighted by Crippen LogP contribution is 2.20. The Bertz CT molecular complexity index is 899. The lowest BCUT2D eigenvalue weighted by molar-refractivity contribution is 0.881. The van der Waals surface area contributed by atoms with Gasteiger partial charge >= 0.3 is 0 Å². The summed E-state index contributed by atoms with van der Waals surface area (Å²) in [6.07, 6.45) is 0. The van der Waals surface area contributed by atoms with E-state index < -0.39 is 0 Å². The van der Waals surface area contributed by atoms with Gasteiger partial charge in [-0.05, 0) is 46.8 Å². The second-order valence-electron chi connectivity index (χ2n) is 4.88. The van der Waals surface area contributed by atoms with Crippen molar-refractivity contribution in [2.24, 2.45) is 0 Å². The summed E-state index contributed by atoms with van der Waals surface area (Å²) in [4.78, 5) is 0. The SMILES string of the molecule is c1cc(NNc2ccc(-c3nn[nH]n3)cc2)cc(-c2nn[nH]n2)c1. The number of benzene rings is 2. The van der Waals surface area contributed by atoms with Gasteiger partial charge in [0.1, 0.15) is 0 Å². The molecular weight excluding hydrogens is 308 g/mol. The van der Waals surface area contributed by atoms with E-state index in [-0.39, 0.29) is 0 Å². The Morgan fingerprint density at radius 3 is 2.00 bits per heavy atom. The van der Waals surface area contributed by atoms with Crippen LogP contribution in [0.15, 0.2) is 48.5 Å². The second kappa shape index (κ2) is 6.12. The van der Waals surface area contributed by atoms with Gasteiger partial charge in [-0.3, -0.25) is 0 Å². The van der Waals surface area contributed by atoms with Crippen molar-refractivity contribution in [1.29, 1.82) is 0 Å². The van der Waals surface area contributed by atoms with Crippen LogP contribution in [0.1, 0.15) is 0 Å². The molecule has 0 radical (unpaired) electrons. The summed E-state index contributed by atoms with van der Waals surface area (Å²) in [5.41, 5.74) is 9.78. The van der Waals surface area contributed by atoms with E-state index in [1.807, 2.05) is 48.5 Å². The fraction of sp³-hybridized carbons (Fsp3) is 0. The quantitative estimate of drug-likeness (QED) is 0.406. The van der Waals surface area contributed by atoms with E-state index in [9.17, 15) is 0 Å². The molecule has 118 valence electrons. The van der Waals surface area contributed by atoms with Crippen LogP contribution >= 0.6 is 0 Å². The molecule has 0 aliphatic rings. The number of hydrogen-bond donors (Lipinski definition) is 4. The molecule has 0 amide bonds. The number of nitrogens with one attached hydrogen (secondary N) is 4. The van der Waals surface area contributed by atoms with Crippen molar-refractivity contribution in [3.8, 4) is 22.8 Å². The molecule has 4 rings (SSSR count). The first kappa shape index (κ1) is 13.8. The van der Waals surface area contributed by atoms with E-state index in [1.165, 1.54) is 0 Å². The minimum Gasteiger partial charge on any atom is -0.301 e. The number of rotatable bonds is 5. The predicted molar refractivity (Wildman–Crippen MR) is 86.5 cm³/mol. The molecule has 0 atom stereocenters. The minimum absolute atomic E-state index is 0.545. The standard InChI is InChI=1S/C14H12N10/c1-2-10(14-19-23-24-20-14)8-12(3-1)16-15-11-6-4-9(5-7-11)13-17-21-22-18-13/h1-8,15-16H,(H,17,18,21,22)(H,19,20,23,24). The van der Waals surface area contributed by atoms with Crippen LogP contribution in [0.25, 0.3) is 22.8 Å². The highest BCUT2D eigenvalue weighted by atomic mass is 15.5. The average molecular weight is 320 g/mol. The summed E-state index contributed by atoms with van der Waals surface area (Å²) in [5.74, 6) is 1.10. The van der Waals surface area contributed by atoms with Crippen molar-refractivity contribution in [3.05, 3.63) is 48.5 Å². The van der Waals surface area contributed by atoms with E-state index in [0.29, 0.717) is 11.6 Å². The lowest BCUT2D eigenvalue weighted by atomic mass is 10.2. The van der Waals surface area contributed by atoms with Gasteiger partial charge in [-0.1, -0.05) is 12.1 Å². The molecule has 10 nitrogen and oxygen atoms in total. The first-order valence-electron chi connectivity index (χ1n) is 7.08. The van der Waals surface area contributed by atoms with E-state index in [2.05, 4.69) is 52.1 Å². The van der Waals surface area contributed by atoms with Crippen LogP contribution in [0.5, 0.6) is 0 Å². The van der Waals surface area contributed by atoms with Crippen LogP contribution in [0.4, 0.5) is 11.4 Å². The van der Waals surface area contributed by atoms with E-state index in [4.69, 9.17) is 0 Å². The van der Waals surface area contributed by atoms with Gasteiger partial charge in [0.05, 0.1) is 11.4 Å². The third-order valence-corrected chi connectivity index (χ3v) is 3.31. The number of H-pyrrole nitrogens is 2. The zero-order valence-corrected chi connectivity index (χ0v) is 12.3. The van der Waals surface area contributed by atoms with Crippen LogP contribution in [0.3, 0.4) is 0 Å². The van der Waals surface area contributed by atoms with E-state index in [1.54, 1.807) is 0 Å². The monoisotopic (exact) mass is 320 g/mol. The van der Waals surface area contributed by atoms with Crippen molar-refractivity contribution < 1.29 is 0 Å². The summed E-state index contributed by atoms with van der Waals surface area (Å²) in [7, 11) is 0. The third-order valence-electron chi connectivity index (χ3n) is 3.31. The summed E-state index contributed by atoms with van der Waals surface area (Å²) in [5, 5.41) is 27.8. The second-order valence-corrected chi connectivity index (χ2v) is 4.88. The normalized spacial score (nSPS) is 10.5. The van der Waals surface area contributed by atoms with Gasteiger partial charge in [0.2, 0.25) is 11.6 Å². The van der Waals surface area contributed by atoms with Gasteiger partial charge < -0.3 is 10.9 Å². The van der Waals surface area contributed by atoms with Gasteiger partial charge in [0, 0.05) is 11.1 Å². The first-order valence-corrected chi connectivity index (χ1v) is 7.08. The molecule has 0 saturated heterocycles. The maximum atomic E-state index is 3.97. The van der Waals surface area contributed by atoms with Gasteiger partial charge in [0.25, 0.3) is 0 Å². The van der Waals surface area contributed by atoms with Crippen LogP contribution in [-0.2, 0) is 0 Å². The topological polar surface area (TPSA) is 133 Å². The van der Waals surface area contributed by atoms with Crippen molar-refractivity contribution in [1.82, 2.24) is 41.2 Å². The molecule has 2 aromatic carbocycles. The predicted octanol–water partition coefficient (Wildman–Crippen LogP) is 1.49. The zero-order valence-electron chi connectivity index (χ0n) is 12.3. The Balaban J connectivity index is 1.44. The molecule has 0 spiro atoms. The Morgan fingerprint density at radius 2 is 1.33 bits per heavy atom. The van der Waals surface area contributed by atoms with Crippen molar-refractivity contribution >= 4 is 11.4 Å². The molecule has 0 saturated carbocycles. The zero-order chi connectivity index (χ0) is 16.2. The average Bonchev–Trinajstić information content (AvgIpc) is 3.34. The number of aromatic amines is 2. The molecular formula is C14H12N10. The number of aromatic nitrogens is 8. The Labute approximate surface area is 135 Å². The molecule has 0 aliphatic heterocycles. The van der Waals surface area contributed by atoms with Crippen LogP contribution in [0, 0.1) is 0 Å². The lowest BCUT2D eigenvalue weighted by Gasteiger charge is -2.10. The molecule has 4 aromatic rings. The number of anilines is 2. The Kier molecular flexibility index (Phi) is 3.52. The molecule has 2 aromatic heterocycles. The fourth-order valence-corrected chi connectivity index (χ4v) is 2.15. The smallest absolute Gasteiger partial charge is 0.204 e. The molecule has 0 unspecified atom stereocenters. The maximum absolute atomic E-state index is 3.97. The van der Waals surface area contributed by atoms with Gasteiger partial charge in [-0.15, -0.1) is 20.4 Å². The highest BCUT2D eigenvalue weighted by molar-refractivity contribution is 5.64. The summed E-state index contributed by atoms with van der Waals surface area (Å²) >= 11 is 0. The molecule has 0 fully saturated rings.